The molecule has 0 fully saturated rings. The molecule has 0 aliphatic rings. The van der Waals surface area contributed by atoms with E-state index in [-0.39, 0.29) is 0 Å². The van der Waals surface area contributed by atoms with Crippen molar-refractivity contribution in [2.75, 3.05) is 11.2 Å². The third-order valence-corrected chi connectivity index (χ3v) is 1.60. The summed E-state index contributed by atoms with van der Waals surface area (Å²) in [6.45, 7) is 3.70. The predicted octanol–water partition coefficient (Wildman–Crippen LogP) is 1.52. The molecule has 0 saturated carbocycles. The Bertz CT molecular complexity index is 332. The number of rotatable bonds is 2. The van der Waals surface area contributed by atoms with Crippen LogP contribution < -0.4 is 11.2 Å². The minimum atomic E-state index is 0.333. The summed E-state index contributed by atoms with van der Waals surface area (Å²) in [5.41, 5.74) is 9.40. The number of halogens is 1. The van der Waals surface area contributed by atoms with E-state index in [1.165, 1.54) is 6.20 Å². The quantitative estimate of drug-likeness (QED) is 0.559. The van der Waals surface area contributed by atoms with Gasteiger partial charge in [0.2, 0.25) is 0 Å². The molecule has 1 aromatic heterocycles. The summed E-state index contributed by atoms with van der Waals surface area (Å²) in [7, 11) is 0. The van der Waals surface area contributed by atoms with Crippen LogP contribution in [0.25, 0.3) is 0 Å². The standard InChI is InChI=1S/C7H10ClN5/c1-4(2)11-13-7-6(8)5(9)3-10-12-7/h3H,1-2H3,(H3,9,12,13). The van der Waals surface area contributed by atoms with E-state index in [9.17, 15) is 0 Å². The highest BCUT2D eigenvalue weighted by molar-refractivity contribution is 6.35. The van der Waals surface area contributed by atoms with Gasteiger partial charge < -0.3 is 5.73 Å². The van der Waals surface area contributed by atoms with E-state index in [4.69, 9.17) is 17.3 Å². The molecule has 0 radical (unpaired) electrons. The highest BCUT2D eigenvalue weighted by atomic mass is 35.5. The van der Waals surface area contributed by atoms with Crippen LogP contribution in [0.4, 0.5) is 11.5 Å². The summed E-state index contributed by atoms with van der Waals surface area (Å²) < 4.78 is 0. The Kier molecular flexibility index (Phi) is 3.02. The van der Waals surface area contributed by atoms with Crippen molar-refractivity contribution in [2.24, 2.45) is 5.10 Å². The smallest absolute Gasteiger partial charge is 0.189 e. The van der Waals surface area contributed by atoms with Crippen LogP contribution in [0, 0.1) is 0 Å². The van der Waals surface area contributed by atoms with Crippen LogP contribution in [0.5, 0.6) is 0 Å². The van der Waals surface area contributed by atoms with Crippen molar-refractivity contribution in [2.45, 2.75) is 13.8 Å². The van der Waals surface area contributed by atoms with Gasteiger partial charge in [-0.2, -0.15) is 10.2 Å². The molecule has 0 saturated heterocycles. The highest BCUT2D eigenvalue weighted by Gasteiger charge is 2.04. The highest BCUT2D eigenvalue weighted by Crippen LogP contribution is 2.23. The van der Waals surface area contributed by atoms with E-state index in [0.29, 0.717) is 16.5 Å². The lowest BCUT2D eigenvalue weighted by Crippen LogP contribution is -2.00. The number of aromatic nitrogens is 2. The van der Waals surface area contributed by atoms with Crippen molar-refractivity contribution in [1.82, 2.24) is 10.2 Å². The average molecular weight is 200 g/mol. The van der Waals surface area contributed by atoms with Gasteiger partial charge >= 0.3 is 0 Å². The van der Waals surface area contributed by atoms with E-state index >= 15 is 0 Å². The van der Waals surface area contributed by atoms with Crippen LogP contribution in [-0.2, 0) is 0 Å². The summed E-state index contributed by atoms with van der Waals surface area (Å²) in [5.74, 6) is 0.364. The van der Waals surface area contributed by atoms with Gasteiger partial charge in [-0.15, -0.1) is 5.10 Å². The molecule has 0 aliphatic carbocycles. The van der Waals surface area contributed by atoms with Gasteiger partial charge in [0.1, 0.15) is 5.02 Å². The lowest BCUT2D eigenvalue weighted by molar-refractivity contribution is 1.02. The SMILES string of the molecule is CC(C)=NNc1nncc(N)c1Cl. The number of hydrogen-bond acceptors (Lipinski definition) is 5. The zero-order chi connectivity index (χ0) is 9.84. The minimum absolute atomic E-state index is 0.333. The number of hydrogen-bond donors (Lipinski definition) is 2. The molecular weight excluding hydrogens is 190 g/mol. The van der Waals surface area contributed by atoms with Gasteiger partial charge in [-0.3, -0.25) is 5.43 Å². The maximum Gasteiger partial charge on any atom is 0.189 e. The normalized spacial score (nSPS) is 9.46. The summed E-state index contributed by atoms with van der Waals surface area (Å²) in [5, 5.41) is 11.6. The lowest BCUT2D eigenvalue weighted by Gasteiger charge is -2.02. The Balaban J connectivity index is 2.89. The molecular formula is C7H10ClN5. The van der Waals surface area contributed by atoms with Crippen LogP contribution in [0.2, 0.25) is 5.02 Å². The van der Waals surface area contributed by atoms with E-state index in [0.717, 1.165) is 5.71 Å². The second-order valence-corrected chi connectivity index (χ2v) is 3.01. The first-order valence-electron chi connectivity index (χ1n) is 3.65. The summed E-state index contributed by atoms with van der Waals surface area (Å²) in [4.78, 5) is 0. The molecule has 0 bridgehead atoms. The second-order valence-electron chi connectivity index (χ2n) is 2.63. The molecule has 0 aliphatic heterocycles. The Morgan fingerprint density at radius 2 is 2.31 bits per heavy atom. The van der Waals surface area contributed by atoms with E-state index in [1.807, 2.05) is 13.8 Å². The zero-order valence-electron chi connectivity index (χ0n) is 7.37. The number of nitrogen functional groups attached to an aromatic ring is 1. The van der Waals surface area contributed by atoms with Crippen molar-refractivity contribution in [1.29, 1.82) is 0 Å². The number of nitrogens with one attached hydrogen (secondary N) is 1. The lowest BCUT2D eigenvalue weighted by atomic mass is 10.4. The van der Waals surface area contributed by atoms with Crippen LogP contribution in [0.3, 0.4) is 0 Å². The molecule has 0 amide bonds. The van der Waals surface area contributed by atoms with Crippen LogP contribution >= 0.6 is 11.6 Å². The molecule has 5 nitrogen and oxygen atoms in total. The van der Waals surface area contributed by atoms with Crippen molar-refractivity contribution in [3.8, 4) is 0 Å². The molecule has 0 unspecified atom stereocenters. The van der Waals surface area contributed by atoms with Gasteiger partial charge in [0.05, 0.1) is 11.9 Å². The fourth-order valence-corrected chi connectivity index (χ4v) is 0.751. The number of nitrogens with zero attached hydrogens (tertiary/aromatic N) is 3. The zero-order valence-corrected chi connectivity index (χ0v) is 8.13. The third kappa shape index (κ3) is 2.55. The summed E-state index contributed by atoms with van der Waals surface area (Å²) >= 11 is 5.82. The fourth-order valence-electron chi connectivity index (χ4n) is 0.622. The third-order valence-electron chi connectivity index (χ3n) is 1.20. The van der Waals surface area contributed by atoms with Gasteiger partial charge in [0.15, 0.2) is 5.82 Å². The van der Waals surface area contributed by atoms with Crippen LogP contribution in [-0.4, -0.2) is 15.9 Å². The molecule has 1 rings (SSSR count). The van der Waals surface area contributed by atoms with Crippen molar-refractivity contribution < 1.29 is 0 Å². The molecule has 0 aromatic carbocycles. The Labute approximate surface area is 81.0 Å². The first-order valence-corrected chi connectivity index (χ1v) is 4.02. The first kappa shape index (κ1) is 9.73. The van der Waals surface area contributed by atoms with Crippen LogP contribution in [0.15, 0.2) is 11.3 Å². The molecule has 0 atom stereocenters. The van der Waals surface area contributed by atoms with Crippen molar-refractivity contribution in [3.05, 3.63) is 11.2 Å². The molecule has 1 aromatic rings. The maximum absolute atomic E-state index is 5.82. The monoisotopic (exact) mass is 199 g/mol. The van der Waals surface area contributed by atoms with E-state index in [1.54, 1.807) is 0 Å². The number of hydrazone groups is 1. The van der Waals surface area contributed by atoms with Gasteiger partial charge in [0.25, 0.3) is 0 Å². The predicted molar refractivity (Wildman–Crippen MR) is 53.9 cm³/mol. The summed E-state index contributed by atoms with van der Waals surface area (Å²) in [6, 6.07) is 0. The summed E-state index contributed by atoms with van der Waals surface area (Å²) in [6.07, 6.45) is 1.38. The molecule has 0 spiro atoms. The van der Waals surface area contributed by atoms with Gasteiger partial charge in [-0.1, -0.05) is 11.6 Å². The molecule has 3 N–H and O–H groups in total. The van der Waals surface area contributed by atoms with E-state index < -0.39 is 0 Å². The second kappa shape index (κ2) is 4.04. The molecule has 1 heterocycles. The van der Waals surface area contributed by atoms with Gasteiger partial charge in [-0.25, -0.2) is 0 Å². The Morgan fingerprint density at radius 3 is 2.92 bits per heavy atom. The molecule has 13 heavy (non-hydrogen) atoms. The van der Waals surface area contributed by atoms with E-state index in [2.05, 4.69) is 20.7 Å². The Hall–Kier alpha value is -1.36. The van der Waals surface area contributed by atoms with Crippen LogP contribution in [0.1, 0.15) is 13.8 Å². The van der Waals surface area contributed by atoms with Crippen molar-refractivity contribution >= 4 is 28.8 Å². The fraction of sp³-hybridized carbons (Fsp3) is 0.286. The first-order chi connectivity index (χ1) is 6.11. The topological polar surface area (TPSA) is 76.2 Å². The van der Waals surface area contributed by atoms with Gasteiger partial charge in [0, 0.05) is 5.71 Å². The maximum atomic E-state index is 5.82. The average Bonchev–Trinajstić information content (AvgIpc) is 2.07. The molecule has 6 heteroatoms. The number of nitrogens with two attached hydrogens (primary N) is 1. The molecule has 70 valence electrons. The number of anilines is 2. The largest absolute Gasteiger partial charge is 0.396 e. The Morgan fingerprint density at radius 1 is 1.62 bits per heavy atom. The minimum Gasteiger partial charge on any atom is -0.396 e. The van der Waals surface area contributed by atoms with Crippen molar-refractivity contribution in [3.63, 3.8) is 0 Å². The van der Waals surface area contributed by atoms with Gasteiger partial charge in [-0.05, 0) is 13.8 Å².